The quantitative estimate of drug-likeness (QED) is 0.820. The van der Waals surface area contributed by atoms with Crippen molar-refractivity contribution in [2.75, 3.05) is 40.3 Å². The van der Waals surface area contributed by atoms with Gasteiger partial charge in [0.25, 0.3) is 10.2 Å². The first kappa shape index (κ1) is 15.7. The van der Waals surface area contributed by atoms with Crippen molar-refractivity contribution in [1.29, 1.82) is 0 Å². The molecule has 1 heterocycles. The number of nitrogens with zero attached hydrogens (tertiary/aromatic N) is 3. The number of benzene rings is 1. The van der Waals surface area contributed by atoms with Crippen molar-refractivity contribution in [2.45, 2.75) is 0 Å². The number of para-hydroxylation sites is 1. The van der Waals surface area contributed by atoms with Crippen molar-refractivity contribution in [2.24, 2.45) is 0 Å². The molecule has 0 atom stereocenters. The molecular formula is C13H19N3O4S. The molecule has 0 radical (unpaired) electrons. The van der Waals surface area contributed by atoms with Crippen LogP contribution < -0.4 is 4.74 Å². The highest BCUT2D eigenvalue weighted by Crippen LogP contribution is 2.13. The molecule has 1 aliphatic rings. The maximum absolute atomic E-state index is 12.0. The molecule has 0 aliphatic carbocycles. The molecule has 1 amide bonds. The minimum Gasteiger partial charge on any atom is -0.410 e. The molecular weight excluding hydrogens is 294 g/mol. The van der Waals surface area contributed by atoms with Crippen molar-refractivity contribution in [3.8, 4) is 5.75 Å². The lowest BCUT2D eigenvalue weighted by atomic mass is 10.3. The Bertz CT molecular complexity index is 581. The third-order valence-electron chi connectivity index (χ3n) is 3.23. The summed E-state index contributed by atoms with van der Waals surface area (Å²) in [5.41, 5.74) is 0. The molecule has 1 fully saturated rings. The Hall–Kier alpha value is -1.64. The van der Waals surface area contributed by atoms with Crippen molar-refractivity contribution >= 4 is 16.3 Å². The number of carbonyl (C=O) groups excluding carboxylic acids is 1. The molecule has 116 valence electrons. The molecule has 1 aliphatic heterocycles. The van der Waals surface area contributed by atoms with Crippen LogP contribution in [0.15, 0.2) is 30.3 Å². The van der Waals surface area contributed by atoms with E-state index in [1.165, 1.54) is 27.6 Å². The molecule has 1 saturated heterocycles. The van der Waals surface area contributed by atoms with E-state index in [4.69, 9.17) is 4.74 Å². The zero-order valence-electron chi connectivity index (χ0n) is 12.1. The van der Waals surface area contributed by atoms with Crippen LogP contribution >= 0.6 is 0 Å². The summed E-state index contributed by atoms with van der Waals surface area (Å²) in [7, 11) is -0.437. The van der Waals surface area contributed by atoms with Crippen LogP contribution in [0.1, 0.15) is 0 Å². The Labute approximate surface area is 124 Å². The summed E-state index contributed by atoms with van der Waals surface area (Å²) in [6.07, 6.45) is -0.455. The normalized spacial score (nSPS) is 17.0. The molecule has 1 aromatic carbocycles. The molecule has 0 bridgehead atoms. The van der Waals surface area contributed by atoms with Gasteiger partial charge in [0.15, 0.2) is 0 Å². The third-order valence-corrected chi connectivity index (χ3v) is 5.17. The van der Waals surface area contributed by atoms with Gasteiger partial charge in [-0.2, -0.15) is 17.0 Å². The molecule has 7 nitrogen and oxygen atoms in total. The fraction of sp³-hybridized carbons (Fsp3) is 0.462. The van der Waals surface area contributed by atoms with E-state index in [0.717, 1.165) is 0 Å². The minimum atomic E-state index is -3.42. The molecule has 1 aromatic rings. The second-order valence-corrected chi connectivity index (χ2v) is 7.00. The van der Waals surface area contributed by atoms with Crippen LogP contribution in [0.25, 0.3) is 0 Å². The highest BCUT2D eigenvalue weighted by atomic mass is 32.2. The van der Waals surface area contributed by atoms with Gasteiger partial charge in [0, 0.05) is 40.3 Å². The molecule has 8 heteroatoms. The topological polar surface area (TPSA) is 70.2 Å². The third kappa shape index (κ3) is 3.72. The Morgan fingerprint density at radius 3 is 2.19 bits per heavy atom. The zero-order chi connectivity index (χ0) is 15.5. The van der Waals surface area contributed by atoms with Gasteiger partial charge in [-0.3, -0.25) is 0 Å². The predicted octanol–water partition coefficient (Wildman–Crippen LogP) is 0.609. The first-order valence-corrected chi connectivity index (χ1v) is 8.00. The summed E-state index contributed by atoms with van der Waals surface area (Å²) in [6, 6.07) is 8.80. The highest BCUT2D eigenvalue weighted by molar-refractivity contribution is 7.86. The number of piperazine rings is 1. The van der Waals surface area contributed by atoms with Crippen LogP contribution in [0.5, 0.6) is 5.75 Å². The lowest BCUT2D eigenvalue weighted by Crippen LogP contribution is -2.53. The lowest BCUT2D eigenvalue weighted by Gasteiger charge is -2.34. The summed E-state index contributed by atoms with van der Waals surface area (Å²) < 4.78 is 31.7. The van der Waals surface area contributed by atoms with Crippen LogP contribution in [0.2, 0.25) is 0 Å². The number of amides is 1. The molecule has 0 N–H and O–H groups in total. The van der Waals surface area contributed by atoms with E-state index < -0.39 is 16.3 Å². The Morgan fingerprint density at radius 1 is 1.10 bits per heavy atom. The largest absolute Gasteiger partial charge is 0.415 e. The number of ether oxygens (including phenoxy) is 1. The second-order valence-electron chi connectivity index (χ2n) is 4.86. The van der Waals surface area contributed by atoms with Gasteiger partial charge < -0.3 is 9.64 Å². The smallest absolute Gasteiger partial charge is 0.410 e. The summed E-state index contributed by atoms with van der Waals surface area (Å²) in [5, 5.41) is 0. The summed E-state index contributed by atoms with van der Waals surface area (Å²) in [5.74, 6) is 0.478. The Kier molecular flexibility index (Phi) is 4.81. The molecule has 0 aromatic heterocycles. The van der Waals surface area contributed by atoms with E-state index >= 15 is 0 Å². The van der Waals surface area contributed by atoms with Gasteiger partial charge in [-0.05, 0) is 12.1 Å². The van der Waals surface area contributed by atoms with Gasteiger partial charge in [0.05, 0.1) is 0 Å². The fourth-order valence-electron chi connectivity index (χ4n) is 1.99. The van der Waals surface area contributed by atoms with Crippen LogP contribution in [-0.4, -0.2) is 68.3 Å². The molecule has 2 rings (SSSR count). The van der Waals surface area contributed by atoms with E-state index in [1.807, 2.05) is 6.07 Å². The maximum Gasteiger partial charge on any atom is 0.415 e. The van der Waals surface area contributed by atoms with E-state index in [1.54, 1.807) is 24.3 Å². The summed E-state index contributed by atoms with van der Waals surface area (Å²) in [4.78, 5) is 13.5. The van der Waals surface area contributed by atoms with Gasteiger partial charge >= 0.3 is 6.09 Å². The van der Waals surface area contributed by atoms with E-state index in [2.05, 4.69) is 0 Å². The average molecular weight is 313 g/mol. The first-order chi connectivity index (χ1) is 9.91. The van der Waals surface area contributed by atoms with Gasteiger partial charge in [-0.1, -0.05) is 18.2 Å². The van der Waals surface area contributed by atoms with E-state index in [-0.39, 0.29) is 13.1 Å². The van der Waals surface area contributed by atoms with Crippen molar-refractivity contribution in [3.63, 3.8) is 0 Å². The van der Waals surface area contributed by atoms with Crippen LogP contribution in [0.3, 0.4) is 0 Å². The first-order valence-electron chi connectivity index (χ1n) is 6.60. The average Bonchev–Trinajstić information content (AvgIpc) is 2.48. The highest BCUT2D eigenvalue weighted by Gasteiger charge is 2.30. The molecule has 0 spiro atoms. The van der Waals surface area contributed by atoms with Crippen LogP contribution in [-0.2, 0) is 10.2 Å². The zero-order valence-corrected chi connectivity index (χ0v) is 12.9. The van der Waals surface area contributed by atoms with Gasteiger partial charge in [0.1, 0.15) is 5.75 Å². The number of carbonyl (C=O) groups is 1. The van der Waals surface area contributed by atoms with Gasteiger partial charge in [0.2, 0.25) is 0 Å². The van der Waals surface area contributed by atoms with Crippen LogP contribution in [0, 0.1) is 0 Å². The summed E-state index contributed by atoms with van der Waals surface area (Å²) >= 11 is 0. The lowest BCUT2D eigenvalue weighted by molar-refractivity contribution is 0.131. The number of hydrogen-bond donors (Lipinski definition) is 0. The number of hydrogen-bond acceptors (Lipinski definition) is 4. The SMILES string of the molecule is CN(C)S(=O)(=O)N1CCN(C(=O)Oc2ccccc2)CC1. The molecule has 0 unspecified atom stereocenters. The fourth-order valence-corrected chi connectivity index (χ4v) is 3.07. The standard InChI is InChI=1S/C13H19N3O4S/c1-14(2)21(18,19)16-10-8-15(9-11-16)13(17)20-12-6-4-3-5-7-12/h3-7H,8-11H2,1-2H3. The van der Waals surface area contributed by atoms with Crippen molar-refractivity contribution < 1.29 is 17.9 Å². The Balaban J connectivity index is 1.91. The molecule has 0 saturated carbocycles. The van der Waals surface area contributed by atoms with Crippen molar-refractivity contribution in [3.05, 3.63) is 30.3 Å². The van der Waals surface area contributed by atoms with Gasteiger partial charge in [-0.25, -0.2) is 4.79 Å². The summed E-state index contributed by atoms with van der Waals surface area (Å²) in [6.45, 7) is 1.17. The maximum atomic E-state index is 12.0. The Morgan fingerprint density at radius 2 is 1.67 bits per heavy atom. The van der Waals surface area contributed by atoms with Crippen LogP contribution in [0.4, 0.5) is 4.79 Å². The minimum absolute atomic E-state index is 0.268. The van der Waals surface area contributed by atoms with E-state index in [0.29, 0.717) is 18.8 Å². The monoisotopic (exact) mass is 313 g/mol. The molecule has 21 heavy (non-hydrogen) atoms. The van der Waals surface area contributed by atoms with Crippen molar-refractivity contribution in [1.82, 2.24) is 13.5 Å². The second kappa shape index (κ2) is 6.42. The van der Waals surface area contributed by atoms with Gasteiger partial charge in [-0.15, -0.1) is 0 Å². The predicted molar refractivity (Wildman–Crippen MR) is 78.2 cm³/mol. The van der Waals surface area contributed by atoms with E-state index in [9.17, 15) is 13.2 Å². The number of rotatable bonds is 3.